The van der Waals surface area contributed by atoms with Crippen LogP contribution >= 0.6 is 15.9 Å². The molecule has 8 heteroatoms. The highest BCUT2D eigenvalue weighted by atomic mass is 79.9. The number of nitrogens with zero attached hydrogens (tertiary/aromatic N) is 2. The average Bonchev–Trinajstić information content (AvgIpc) is 2.68. The minimum absolute atomic E-state index is 0.0181. The van der Waals surface area contributed by atoms with Gasteiger partial charge in [-0.05, 0) is 18.9 Å². The molecule has 2 unspecified atom stereocenters. The van der Waals surface area contributed by atoms with Gasteiger partial charge in [-0.15, -0.1) is 0 Å². The van der Waals surface area contributed by atoms with E-state index in [1.165, 1.54) is 12.2 Å². The second-order valence-corrected chi connectivity index (χ2v) is 7.69. The summed E-state index contributed by atoms with van der Waals surface area (Å²) in [5.41, 5.74) is 0.821. The van der Waals surface area contributed by atoms with Gasteiger partial charge in [0.1, 0.15) is 0 Å². The van der Waals surface area contributed by atoms with Crippen LogP contribution in [0.1, 0.15) is 13.3 Å². The number of carbonyl (C=O) groups excluding carboxylic acids is 2. The maximum absolute atomic E-state index is 12.2. The minimum Gasteiger partial charge on any atom is -0.378 e. The van der Waals surface area contributed by atoms with Gasteiger partial charge in [-0.1, -0.05) is 40.2 Å². The summed E-state index contributed by atoms with van der Waals surface area (Å²) in [6.45, 7) is 5.57. The zero-order valence-corrected chi connectivity index (χ0v) is 17.6. The Balaban J connectivity index is 1.79. The van der Waals surface area contributed by atoms with Crippen molar-refractivity contribution in [2.24, 2.45) is 4.99 Å². The number of hydrogen-bond donors (Lipinski definition) is 2. The van der Waals surface area contributed by atoms with E-state index in [1.807, 2.05) is 31.5 Å². The summed E-state index contributed by atoms with van der Waals surface area (Å²) in [6, 6.07) is -0.153. The van der Waals surface area contributed by atoms with Crippen molar-refractivity contribution in [3.8, 4) is 0 Å². The molecule has 2 amide bonds. The van der Waals surface area contributed by atoms with Crippen LogP contribution in [0.15, 0.2) is 53.2 Å². The lowest BCUT2D eigenvalue weighted by Crippen LogP contribution is -2.35. The Morgan fingerprint density at radius 3 is 3.07 bits per heavy atom. The number of amides is 2. The number of hydrogen-bond acceptors (Lipinski definition) is 4. The van der Waals surface area contributed by atoms with Crippen molar-refractivity contribution in [2.75, 3.05) is 32.8 Å². The van der Waals surface area contributed by atoms with Gasteiger partial charge in [-0.2, -0.15) is 0 Å². The number of nitrogens with one attached hydrogen (secondary N) is 2. The van der Waals surface area contributed by atoms with Gasteiger partial charge in [0.25, 0.3) is 0 Å². The zero-order valence-electron chi connectivity index (χ0n) is 16.0. The van der Waals surface area contributed by atoms with E-state index in [-0.39, 0.29) is 22.7 Å². The highest BCUT2D eigenvalue weighted by Gasteiger charge is 2.08. The summed E-state index contributed by atoms with van der Waals surface area (Å²) in [4.78, 5) is 30.2. The van der Waals surface area contributed by atoms with Gasteiger partial charge in [-0.3, -0.25) is 14.6 Å². The van der Waals surface area contributed by atoms with Crippen LogP contribution in [0.4, 0.5) is 0 Å². The van der Waals surface area contributed by atoms with Crippen molar-refractivity contribution >= 4 is 34.1 Å². The molecule has 7 nitrogen and oxygen atoms in total. The number of aliphatic imine (C=N–C) groups is 1. The SMILES string of the molecule is C/C1=C/C(=O)N/C=C/CC(NC(=O)/C=C/C(Br)CN=CN2CCOCC2)C=C1. The summed E-state index contributed by atoms with van der Waals surface area (Å²) in [7, 11) is 0. The molecule has 2 atom stereocenters. The van der Waals surface area contributed by atoms with Gasteiger partial charge >= 0.3 is 0 Å². The van der Waals surface area contributed by atoms with E-state index in [2.05, 4.69) is 36.5 Å². The molecule has 152 valence electrons. The lowest BCUT2D eigenvalue weighted by molar-refractivity contribution is -0.117. The van der Waals surface area contributed by atoms with Gasteiger partial charge in [-0.25, -0.2) is 0 Å². The second-order valence-electron chi connectivity index (χ2n) is 6.51. The van der Waals surface area contributed by atoms with Crippen molar-refractivity contribution in [1.82, 2.24) is 15.5 Å². The molecule has 28 heavy (non-hydrogen) atoms. The van der Waals surface area contributed by atoms with Crippen molar-refractivity contribution in [2.45, 2.75) is 24.2 Å². The van der Waals surface area contributed by atoms with Crippen LogP contribution in [0.2, 0.25) is 0 Å². The molecule has 0 bridgehead atoms. The molecule has 0 aromatic heterocycles. The first-order chi connectivity index (χ1) is 13.5. The Morgan fingerprint density at radius 1 is 1.50 bits per heavy atom. The van der Waals surface area contributed by atoms with E-state index >= 15 is 0 Å². The number of carbonyl (C=O) groups is 2. The van der Waals surface area contributed by atoms with Gasteiger partial charge in [0.05, 0.1) is 37.0 Å². The number of rotatable bonds is 6. The molecule has 2 N–H and O–H groups in total. The average molecular weight is 451 g/mol. The van der Waals surface area contributed by atoms with E-state index in [9.17, 15) is 9.59 Å². The molecular formula is C20H27BrN4O3. The number of ether oxygens (including phenoxy) is 1. The molecule has 0 aromatic rings. The van der Waals surface area contributed by atoms with Crippen LogP contribution < -0.4 is 10.6 Å². The molecule has 0 saturated carbocycles. The van der Waals surface area contributed by atoms with E-state index in [0.717, 1.165) is 31.9 Å². The number of morpholine rings is 1. The lowest BCUT2D eigenvalue weighted by atomic mass is 10.1. The zero-order chi connectivity index (χ0) is 20.2. The third kappa shape index (κ3) is 9.14. The molecule has 2 aliphatic heterocycles. The first-order valence-corrected chi connectivity index (χ1v) is 10.2. The van der Waals surface area contributed by atoms with Crippen molar-refractivity contribution in [1.29, 1.82) is 0 Å². The maximum Gasteiger partial charge on any atom is 0.248 e. The fourth-order valence-electron chi connectivity index (χ4n) is 2.55. The van der Waals surface area contributed by atoms with E-state index in [0.29, 0.717) is 13.0 Å². The highest BCUT2D eigenvalue weighted by Crippen LogP contribution is 2.05. The topological polar surface area (TPSA) is 83.0 Å². The quantitative estimate of drug-likeness (QED) is 0.279. The Kier molecular flexibility index (Phi) is 9.71. The van der Waals surface area contributed by atoms with Gasteiger partial charge in [0.15, 0.2) is 0 Å². The predicted octanol–water partition coefficient (Wildman–Crippen LogP) is 1.69. The van der Waals surface area contributed by atoms with Crippen LogP contribution in [-0.4, -0.2) is 66.8 Å². The third-order valence-corrected chi connectivity index (χ3v) is 4.63. The van der Waals surface area contributed by atoms with Crippen LogP contribution in [-0.2, 0) is 14.3 Å². The molecule has 0 spiro atoms. The largest absolute Gasteiger partial charge is 0.378 e. The van der Waals surface area contributed by atoms with E-state index < -0.39 is 0 Å². The summed E-state index contributed by atoms with van der Waals surface area (Å²) in [5, 5.41) is 5.60. The fourth-order valence-corrected chi connectivity index (χ4v) is 2.87. The number of alkyl halides is 1. The van der Waals surface area contributed by atoms with Gasteiger partial charge in [0, 0.05) is 31.4 Å². The van der Waals surface area contributed by atoms with Gasteiger partial charge in [0.2, 0.25) is 11.8 Å². The van der Waals surface area contributed by atoms with Crippen molar-refractivity contribution in [3.63, 3.8) is 0 Å². The Bertz CT molecular complexity index is 679. The fraction of sp³-hybridized carbons (Fsp3) is 0.450. The Hall–Kier alpha value is -2.19. The summed E-state index contributed by atoms with van der Waals surface area (Å²) < 4.78 is 5.29. The Labute approximate surface area is 174 Å². The van der Waals surface area contributed by atoms with Crippen molar-refractivity contribution < 1.29 is 14.3 Å². The smallest absolute Gasteiger partial charge is 0.248 e. The second kappa shape index (κ2) is 12.3. The summed E-state index contributed by atoms with van der Waals surface area (Å²) in [5.74, 6) is -0.337. The van der Waals surface area contributed by atoms with Crippen LogP contribution in [0, 0.1) is 0 Å². The van der Waals surface area contributed by atoms with Crippen LogP contribution in [0.3, 0.4) is 0 Å². The standard InChI is InChI=1S/C20H27BrN4O3/c1-16-4-6-18(3-2-8-23-20(27)13-16)24-19(26)7-5-17(21)14-22-15-25-9-11-28-12-10-25/h2,4-8,13,15,17-18H,3,9-12,14H2,1H3,(H,23,27)(H,24,26)/b6-4?,7-5+,8-2+,16-13-,22-15?. The normalized spacial score (nSPS) is 25.2. The molecule has 1 fully saturated rings. The lowest BCUT2D eigenvalue weighted by Gasteiger charge is -2.24. The number of halogens is 1. The first kappa shape index (κ1) is 22.1. The molecular weight excluding hydrogens is 424 g/mol. The summed E-state index contributed by atoms with van der Waals surface area (Å²) in [6.07, 6.45) is 14.4. The molecule has 2 aliphatic rings. The predicted molar refractivity (Wildman–Crippen MR) is 114 cm³/mol. The first-order valence-electron chi connectivity index (χ1n) is 9.29. The van der Waals surface area contributed by atoms with Gasteiger partial charge < -0.3 is 20.3 Å². The highest BCUT2D eigenvalue weighted by molar-refractivity contribution is 9.09. The molecule has 2 rings (SSSR count). The molecule has 2 heterocycles. The Morgan fingerprint density at radius 2 is 2.29 bits per heavy atom. The number of allylic oxidation sites excluding steroid dienone is 2. The van der Waals surface area contributed by atoms with Crippen molar-refractivity contribution in [3.05, 3.63) is 48.2 Å². The minimum atomic E-state index is -0.174. The molecule has 0 aliphatic carbocycles. The molecule has 1 saturated heterocycles. The van der Waals surface area contributed by atoms with Crippen LogP contribution in [0.5, 0.6) is 0 Å². The maximum atomic E-state index is 12.2. The van der Waals surface area contributed by atoms with Crippen LogP contribution in [0.25, 0.3) is 0 Å². The third-order valence-electron chi connectivity index (χ3n) is 4.04. The summed E-state index contributed by atoms with van der Waals surface area (Å²) >= 11 is 3.52. The molecule has 0 aromatic carbocycles. The molecule has 0 radical (unpaired) electrons. The van der Waals surface area contributed by atoms with E-state index in [1.54, 1.807) is 12.3 Å². The van der Waals surface area contributed by atoms with E-state index in [4.69, 9.17) is 4.74 Å². The monoisotopic (exact) mass is 450 g/mol.